The van der Waals surface area contributed by atoms with E-state index in [4.69, 9.17) is 19.4 Å². The molecule has 0 unspecified atom stereocenters. The molecule has 0 spiro atoms. The lowest BCUT2D eigenvalue weighted by Crippen LogP contribution is -2.35. The van der Waals surface area contributed by atoms with Gasteiger partial charge in [-0.2, -0.15) is 5.10 Å². The van der Waals surface area contributed by atoms with Gasteiger partial charge in [-0.3, -0.25) is 14.8 Å². The van der Waals surface area contributed by atoms with Crippen molar-refractivity contribution in [3.63, 3.8) is 0 Å². The lowest BCUT2D eigenvalue weighted by atomic mass is 9.93. The summed E-state index contributed by atoms with van der Waals surface area (Å²) in [5.41, 5.74) is 8.23. The number of rotatable bonds is 10. The number of nitrogens with one attached hydrogen (secondary N) is 2. The van der Waals surface area contributed by atoms with Crippen molar-refractivity contribution in [2.75, 3.05) is 25.0 Å². The Kier molecular flexibility index (Phi) is 8.65. The zero-order valence-electron chi connectivity index (χ0n) is 29.3. The van der Waals surface area contributed by atoms with Crippen LogP contribution in [-0.4, -0.2) is 66.3 Å². The van der Waals surface area contributed by atoms with Gasteiger partial charge in [0, 0.05) is 46.5 Å². The van der Waals surface area contributed by atoms with Gasteiger partial charge in [0.15, 0.2) is 0 Å². The standard InChI is InChI=1S/C40H40N8O3S/c1-24-31-20-29(10-11-33(31)46-45-24)42-40(49)27-9-12-36-35(19-27)43-37(48(36)21-30-15-18-50-30)22-47-16-13-26(14-17-47)32-6-4-8-38(44-32)51-23-28-5-3-7-34-39(28)52-25(2)41-34/h3-12,19-20,26,30H,13-18,21-23H2,1-2H3,(H,42,49)(H,45,46)/t30-/m0/s1. The molecule has 2 fully saturated rings. The van der Waals surface area contributed by atoms with Crippen molar-refractivity contribution in [1.82, 2.24) is 34.6 Å². The maximum absolute atomic E-state index is 13.4. The van der Waals surface area contributed by atoms with Crippen molar-refractivity contribution >= 4 is 55.1 Å². The quantitative estimate of drug-likeness (QED) is 0.149. The molecule has 2 saturated heterocycles. The summed E-state index contributed by atoms with van der Waals surface area (Å²) in [6.07, 6.45) is 3.25. The second kappa shape index (κ2) is 13.8. The number of fused-ring (bicyclic) bond motifs is 3. The summed E-state index contributed by atoms with van der Waals surface area (Å²) >= 11 is 1.70. The van der Waals surface area contributed by atoms with Crippen molar-refractivity contribution in [3.05, 3.63) is 106 Å². The fraction of sp³-hybridized carbons (Fsp3) is 0.325. The van der Waals surface area contributed by atoms with Crippen molar-refractivity contribution in [3.8, 4) is 5.88 Å². The molecule has 11 nitrogen and oxygen atoms in total. The molecule has 7 aromatic rings. The minimum absolute atomic E-state index is 0.168. The molecule has 0 aliphatic carbocycles. The predicted octanol–water partition coefficient (Wildman–Crippen LogP) is 7.53. The largest absolute Gasteiger partial charge is 0.473 e. The van der Waals surface area contributed by atoms with E-state index < -0.39 is 0 Å². The molecule has 6 heterocycles. The highest BCUT2D eigenvalue weighted by Crippen LogP contribution is 2.31. The number of carbonyl (C=O) groups is 1. The number of ether oxygens (including phenoxy) is 2. The summed E-state index contributed by atoms with van der Waals surface area (Å²) < 4.78 is 15.5. The van der Waals surface area contributed by atoms with Gasteiger partial charge in [-0.15, -0.1) is 11.3 Å². The van der Waals surface area contributed by atoms with Crippen LogP contribution in [0.25, 0.3) is 32.2 Å². The Morgan fingerprint density at radius 3 is 2.69 bits per heavy atom. The lowest BCUT2D eigenvalue weighted by Gasteiger charge is -2.32. The van der Waals surface area contributed by atoms with Crippen LogP contribution >= 0.6 is 11.3 Å². The molecule has 3 aromatic carbocycles. The van der Waals surface area contributed by atoms with Gasteiger partial charge >= 0.3 is 0 Å². The van der Waals surface area contributed by atoms with Gasteiger partial charge in [-0.1, -0.05) is 18.2 Å². The van der Waals surface area contributed by atoms with Gasteiger partial charge in [0.05, 0.1) is 56.7 Å². The number of anilines is 1. The average Bonchev–Trinajstić information content (AvgIpc) is 3.82. The number of H-pyrrole nitrogens is 1. The first kappa shape index (κ1) is 32.7. The first-order valence-corrected chi connectivity index (χ1v) is 18.8. The van der Waals surface area contributed by atoms with Crippen molar-refractivity contribution < 1.29 is 14.3 Å². The molecule has 264 valence electrons. The molecule has 4 aromatic heterocycles. The zero-order valence-corrected chi connectivity index (χ0v) is 30.1. The Morgan fingerprint density at radius 1 is 0.981 bits per heavy atom. The summed E-state index contributed by atoms with van der Waals surface area (Å²) in [7, 11) is 0. The van der Waals surface area contributed by atoms with Crippen molar-refractivity contribution in [2.45, 2.75) is 64.8 Å². The van der Waals surface area contributed by atoms with Crippen LogP contribution in [0.4, 0.5) is 5.69 Å². The molecule has 1 amide bonds. The predicted molar refractivity (Wildman–Crippen MR) is 203 cm³/mol. The first-order valence-electron chi connectivity index (χ1n) is 18.0. The Balaban J connectivity index is 0.870. The number of carbonyl (C=O) groups excluding carboxylic acids is 1. The fourth-order valence-corrected chi connectivity index (χ4v) is 8.33. The van der Waals surface area contributed by atoms with Crippen LogP contribution in [0.3, 0.4) is 0 Å². The van der Waals surface area contributed by atoms with Crippen LogP contribution in [0.1, 0.15) is 63.3 Å². The molecule has 52 heavy (non-hydrogen) atoms. The second-order valence-electron chi connectivity index (χ2n) is 13.9. The number of hydrogen-bond donors (Lipinski definition) is 2. The van der Waals surface area contributed by atoms with Crippen molar-refractivity contribution in [1.29, 1.82) is 0 Å². The van der Waals surface area contributed by atoms with E-state index in [9.17, 15) is 4.79 Å². The average molecular weight is 713 g/mol. The summed E-state index contributed by atoms with van der Waals surface area (Å²) in [6, 6.07) is 23.9. The first-order chi connectivity index (χ1) is 25.4. The molecule has 9 rings (SSSR count). The number of aromatic amines is 1. The van der Waals surface area contributed by atoms with E-state index >= 15 is 0 Å². The second-order valence-corrected chi connectivity index (χ2v) is 15.1. The van der Waals surface area contributed by atoms with E-state index in [0.29, 0.717) is 24.0 Å². The number of thiazole rings is 1. The minimum Gasteiger partial charge on any atom is -0.473 e. The molecule has 2 aliphatic rings. The molecule has 1 atom stereocenters. The van der Waals surface area contributed by atoms with Crippen LogP contribution in [0, 0.1) is 13.8 Å². The molecule has 0 radical (unpaired) electrons. The fourth-order valence-electron chi connectivity index (χ4n) is 7.41. The van der Waals surface area contributed by atoms with Crippen LogP contribution < -0.4 is 10.1 Å². The third-order valence-corrected chi connectivity index (χ3v) is 11.4. The number of pyridine rings is 1. The summed E-state index contributed by atoms with van der Waals surface area (Å²) in [5.74, 6) is 1.86. The number of hydrogen-bond acceptors (Lipinski definition) is 9. The summed E-state index contributed by atoms with van der Waals surface area (Å²) in [4.78, 5) is 30.5. The van der Waals surface area contributed by atoms with Crippen LogP contribution in [0.5, 0.6) is 5.88 Å². The molecule has 0 bridgehead atoms. The smallest absolute Gasteiger partial charge is 0.255 e. The molecule has 2 N–H and O–H groups in total. The van der Waals surface area contributed by atoms with Gasteiger partial charge in [-0.25, -0.2) is 15.0 Å². The Hall–Kier alpha value is -5.17. The number of imidazole rings is 1. The third kappa shape index (κ3) is 6.53. The molecular formula is C40H40N8O3S. The van der Waals surface area contributed by atoms with E-state index in [2.05, 4.69) is 54.2 Å². The minimum atomic E-state index is -0.168. The molecule has 12 heteroatoms. The third-order valence-electron chi connectivity index (χ3n) is 10.4. The van der Waals surface area contributed by atoms with Gasteiger partial charge in [-0.05, 0) is 94.7 Å². The molecule has 2 aliphatic heterocycles. The van der Waals surface area contributed by atoms with Crippen LogP contribution in [0.2, 0.25) is 0 Å². The topological polar surface area (TPSA) is 123 Å². The Morgan fingerprint density at radius 2 is 1.85 bits per heavy atom. The van der Waals surface area contributed by atoms with Gasteiger partial charge in [0.1, 0.15) is 12.4 Å². The summed E-state index contributed by atoms with van der Waals surface area (Å²) in [6.45, 7) is 8.64. The maximum Gasteiger partial charge on any atom is 0.255 e. The summed E-state index contributed by atoms with van der Waals surface area (Å²) in [5, 5.41) is 12.4. The van der Waals surface area contributed by atoms with E-state index in [1.54, 1.807) is 11.3 Å². The Labute approximate surface area is 305 Å². The van der Waals surface area contributed by atoms with E-state index in [1.165, 1.54) is 4.70 Å². The Bertz CT molecular complexity index is 2420. The highest BCUT2D eigenvalue weighted by Gasteiger charge is 2.26. The number of amides is 1. The zero-order chi connectivity index (χ0) is 35.2. The van der Waals surface area contributed by atoms with E-state index in [1.807, 2.05) is 62.4 Å². The number of piperidine rings is 1. The number of nitrogens with zero attached hydrogens (tertiary/aromatic N) is 6. The number of aromatic nitrogens is 6. The van der Waals surface area contributed by atoms with Gasteiger partial charge < -0.3 is 19.4 Å². The monoisotopic (exact) mass is 712 g/mol. The van der Waals surface area contributed by atoms with Crippen molar-refractivity contribution in [2.24, 2.45) is 0 Å². The van der Waals surface area contributed by atoms with Crippen LogP contribution in [0.15, 0.2) is 72.8 Å². The SMILES string of the molecule is Cc1nc2cccc(COc3cccc(C4CCN(Cc5nc6cc(C(=O)Nc7ccc8[nH]nc(C)c8c7)ccc6n5C[C@@H]5CCO5)CC4)n3)c2s1. The normalized spacial score (nSPS) is 16.8. The number of aryl methyl sites for hydroxylation is 2. The highest BCUT2D eigenvalue weighted by atomic mass is 32.1. The number of benzene rings is 3. The molecular weight excluding hydrogens is 673 g/mol. The van der Waals surface area contributed by atoms with Gasteiger partial charge in [0.2, 0.25) is 5.88 Å². The van der Waals surface area contributed by atoms with E-state index in [-0.39, 0.29) is 12.0 Å². The maximum atomic E-state index is 13.4. The highest BCUT2D eigenvalue weighted by molar-refractivity contribution is 7.18. The molecule has 0 saturated carbocycles. The lowest BCUT2D eigenvalue weighted by molar-refractivity contribution is -0.0592. The van der Waals surface area contributed by atoms with E-state index in [0.717, 1.165) is 113 Å². The van der Waals surface area contributed by atoms with Gasteiger partial charge in [0.25, 0.3) is 5.91 Å². The van der Waals surface area contributed by atoms with Crippen LogP contribution in [-0.2, 0) is 24.4 Å². The number of likely N-dealkylation sites (tertiary alicyclic amines) is 1.